The number of carbonyl (C=O) groups is 1. The van der Waals surface area contributed by atoms with Gasteiger partial charge in [0.25, 0.3) is 11.6 Å². The van der Waals surface area contributed by atoms with Gasteiger partial charge in [0.15, 0.2) is 0 Å². The summed E-state index contributed by atoms with van der Waals surface area (Å²) in [5.41, 5.74) is 1.15. The van der Waals surface area contributed by atoms with Crippen LogP contribution in [-0.2, 0) is 6.54 Å². The van der Waals surface area contributed by atoms with Crippen LogP contribution in [0.4, 0.5) is 5.69 Å². The Balaban J connectivity index is 1.62. The van der Waals surface area contributed by atoms with Gasteiger partial charge in [-0.3, -0.25) is 24.8 Å². The molecule has 124 valence electrons. The highest BCUT2D eigenvalue weighted by molar-refractivity contribution is 5.98. The summed E-state index contributed by atoms with van der Waals surface area (Å²) in [6.07, 6.45) is 3.58. The van der Waals surface area contributed by atoms with E-state index in [-0.39, 0.29) is 17.2 Å². The molecule has 0 unspecified atom stereocenters. The Labute approximate surface area is 139 Å². The second-order valence-electron chi connectivity index (χ2n) is 5.70. The molecular weight excluding hydrogens is 308 g/mol. The van der Waals surface area contributed by atoms with E-state index in [4.69, 9.17) is 0 Å². The molecule has 1 aromatic carbocycles. The van der Waals surface area contributed by atoms with Crippen LogP contribution < -0.4 is 0 Å². The van der Waals surface area contributed by atoms with E-state index in [1.54, 1.807) is 23.2 Å². The second kappa shape index (κ2) is 7.18. The number of rotatable bonds is 4. The van der Waals surface area contributed by atoms with Gasteiger partial charge in [-0.25, -0.2) is 0 Å². The Kier molecular flexibility index (Phi) is 4.81. The maximum atomic E-state index is 12.6. The molecule has 1 aliphatic rings. The molecule has 1 aromatic heterocycles. The summed E-state index contributed by atoms with van der Waals surface area (Å²) in [5.74, 6) is -0.275. The first-order valence-electron chi connectivity index (χ1n) is 7.79. The number of aromatic nitrogens is 1. The molecule has 1 aliphatic heterocycles. The smallest absolute Gasteiger partial charge is 0.282 e. The molecule has 0 spiro atoms. The minimum absolute atomic E-state index is 0.139. The van der Waals surface area contributed by atoms with Crippen molar-refractivity contribution in [3.63, 3.8) is 0 Å². The van der Waals surface area contributed by atoms with Gasteiger partial charge in [0.2, 0.25) is 0 Å². The van der Waals surface area contributed by atoms with Gasteiger partial charge in [-0.2, -0.15) is 0 Å². The van der Waals surface area contributed by atoms with Crippen LogP contribution in [0.2, 0.25) is 0 Å². The summed E-state index contributed by atoms with van der Waals surface area (Å²) in [5, 5.41) is 11.1. The molecule has 1 fully saturated rings. The van der Waals surface area contributed by atoms with Crippen LogP contribution in [-0.4, -0.2) is 51.8 Å². The molecule has 0 aliphatic carbocycles. The normalized spacial score (nSPS) is 15.2. The summed E-state index contributed by atoms with van der Waals surface area (Å²) >= 11 is 0. The highest BCUT2D eigenvalue weighted by Crippen LogP contribution is 2.20. The number of nitro benzene ring substituents is 1. The van der Waals surface area contributed by atoms with Crippen LogP contribution in [0.3, 0.4) is 0 Å². The molecule has 2 aromatic rings. The van der Waals surface area contributed by atoms with E-state index in [1.807, 2.05) is 18.3 Å². The Morgan fingerprint density at radius 2 is 1.88 bits per heavy atom. The number of nitro groups is 1. The number of benzene rings is 1. The average Bonchev–Trinajstić information content (AvgIpc) is 2.62. The minimum atomic E-state index is -0.508. The molecule has 24 heavy (non-hydrogen) atoms. The third-order valence-electron chi connectivity index (χ3n) is 4.12. The van der Waals surface area contributed by atoms with E-state index >= 15 is 0 Å². The van der Waals surface area contributed by atoms with Crippen LogP contribution >= 0.6 is 0 Å². The summed E-state index contributed by atoms with van der Waals surface area (Å²) < 4.78 is 0. The van der Waals surface area contributed by atoms with Crippen LogP contribution in [0.1, 0.15) is 15.9 Å². The van der Waals surface area contributed by atoms with Crippen molar-refractivity contribution in [2.75, 3.05) is 26.2 Å². The first-order chi connectivity index (χ1) is 11.6. The Morgan fingerprint density at radius 1 is 1.12 bits per heavy atom. The molecule has 1 saturated heterocycles. The van der Waals surface area contributed by atoms with E-state index in [0.29, 0.717) is 13.1 Å². The molecular formula is C17H18N4O3. The fourth-order valence-electron chi connectivity index (χ4n) is 2.84. The van der Waals surface area contributed by atoms with Gasteiger partial charge in [0.1, 0.15) is 5.56 Å². The Hall–Kier alpha value is -2.80. The molecule has 1 amide bonds. The van der Waals surface area contributed by atoms with Crippen molar-refractivity contribution < 1.29 is 9.72 Å². The molecule has 3 rings (SSSR count). The fourth-order valence-corrected chi connectivity index (χ4v) is 2.84. The zero-order valence-corrected chi connectivity index (χ0v) is 13.2. The zero-order valence-electron chi connectivity index (χ0n) is 13.2. The van der Waals surface area contributed by atoms with E-state index in [9.17, 15) is 14.9 Å². The molecule has 7 heteroatoms. The first kappa shape index (κ1) is 16.1. The van der Waals surface area contributed by atoms with Gasteiger partial charge in [0.05, 0.1) is 4.92 Å². The van der Waals surface area contributed by atoms with Crippen molar-refractivity contribution in [2.24, 2.45) is 0 Å². The molecule has 0 atom stereocenters. The SMILES string of the molecule is O=C(c1ccccc1[N+](=O)[O-])N1CCN(Cc2cccnc2)CC1. The minimum Gasteiger partial charge on any atom is -0.336 e. The van der Waals surface area contributed by atoms with Gasteiger partial charge in [-0.1, -0.05) is 18.2 Å². The van der Waals surface area contributed by atoms with Crippen molar-refractivity contribution in [2.45, 2.75) is 6.54 Å². The average molecular weight is 326 g/mol. The van der Waals surface area contributed by atoms with Crippen molar-refractivity contribution in [3.05, 3.63) is 70.0 Å². The topological polar surface area (TPSA) is 79.6 Å². The maximum Gasteiger partial charge on any atom is 0.282 e. The Morgan fingerprint density at radius 3 is 2.54 bits per heavy atom. The standard InChI is InChI=1S/C17H18N4O3/c22-17(15-5-1-2-6-16(15)21(23)24)20-10-8-19(9-11-20)13-14-4-3-7-18-12-14/h1-7,12H,8-11,13H2. The van der Waals surface area contributed by atoms with Crippen LogP contribution in [0.15, 0.2) is 48.8 Å². The number of nitrogens with zero attached hydrogens (tertiary/aromatic N) is 4. The number of amides is 1. The largest absolute Gasteiger partial charge is 0.336 e. The third kappa shape index (κ3) is 3.57. The number of hydrogen-bond donors (Lipinski definition) is 0. The monoisotopic (exact) mass is 326 g/mol. The predicted octanol–water partition coefficient (Wildman–Crippen LogP) is 1.95. The lowest BCUT2D eigenvalue weighted by Crippen LogP contribution is -2.48. The number of piperazine rings is 1. The molecule has 0 N–H and O–H groups in total. The van der Waals surface area contributed by atoms with Crippen molar-refractivity contribution in [1.82, 2.24) is 14.8 Å². The number of para-hydroxylation sites is 1. The van der Waals surface area contributed by atoms with E-state index in [2.05, 4.69) is 9.88 Å². The lowest BCUT2D eigenvalue weighted by molar-refractivity contribution is -0.385. The number of hydrogen-bond acceptors (Lipinski definition) is 5. The van der Waals surface area contributed by atoms with E-state index in [0.717, 1.165) is 25.2 Å². The third-order valence-corrected chi connectivity index (χ3v) is 4.12. The van der Waals surface area contributed by atoms with Gasteiger partial charge >= 0.3 is 0 Å². The lowest BCUT2D eigenvalue weighted by atomic mass is 10.1. The zero-order chi connectivity index (χ0) is 16.9. The van der Waals surface area contributed by atoms with Crippen LogP contribution in [0, 0.1) is 10.1 Å². The fraction of sp³-hybridized carbons (Fsp3) is 0.294. The molecule has 0 bridgehead atoms. The van der Waals surface area contributed by atoms with Gasteiger partial charge in [-0.15, -0.1) is 0 Å². The summed E-state index contributed by atoms with van der Waals surface area (Å²) in [6.45, 7) is 3.39. The summed E-state index contributed by atoms with van der Waals surface area (Å²) in [6, 6.07) is 10.0. The number of pyridine rings is 1. The molecule has 0 radical (unpaired) electrons. The van der Waals surface area contributed by atoms with Gasteiger partial charge in [0, 0.05) is 51.2 Å². The number of carbonyl (C=O) groups excluding carboxylic acids is 1. The predicted molar refractivity (Wildman–Crippen MR) is 88.5 cm³/mol. The molecule has 2 heterocycles. The van der Waals surface area contributed by atoms with Crippen LogP contribution in [0.25, 0.3) is 0 Å². The highest BCUT2D eigenvalue weighted by Gasteiger charge is 2.27. The molecule has 0 saturated carbocycles. The highest BCUT2D eigenvalue weighted by atomic mass is 16.6. The Bertz CT molecular complexity index is 728. The second-order valence-corrected chi connectivity index (χ2v) is 5.70. The quantitative estimate of drug-likeness (QED) is 0.634. The van der Waals surface area contributed by atoms with Crippen LogP contribution in [0.5, 0.6) is 0 Å². The van der Waals surface area contributed by atoms with Crippen molar-refractivity contribution in [3.8, 4) is 0 Å². The van der Waals surface area contributed by atoms with E-state index < -0.39 is 4.92 Å². The van der Waals surface area contributed by atoms with Gasteiger partial charge < -0.3 is 4.90 Å². The van der Waals surface area contributed by atoms with Crippen molar-refractivity contribution >= 4 is 11.6 Å². The van der Waals surface area contributed by atoms with E-state index in [1.165, 1.54) is 12.1 Å². The lowest BCUT2D eigenvalue weighted by Gasteiger charge is -2.34. The molecule has 7 nitrogen and oxygen atoms in total. The first-order valence-corrected chi connectivity index (χ1v) is 7.79. The van der Waals surface area contributed by atoms with Gasteiger partial charge in [-0.05, 0) is 17.7 Å². The summed E-state index contributed by atoms with van der Waals surface area (Å²) in [4.78, 5) is 31.2. The summed E-state index contributed by atoms with van der Waals surface area (Å²) in [7, 11) is 0. The van der Waals surface area contributed by atoms with Crippen molar-refractivity contribution in [1.29, 1.82) is 0 Å². The maximum absolute atomic E-state index is 12.6.